The number of nitrogens with one attached hydrogen (secondary N) is 2. The van der Waals surface area contributed by atoms with E-state index < -0.39 is 0 Å². The van der Waals surface area contributed by atoms with Gasteiger partial charge in [-0.15, -0.1) is 0 Å². The summed E-state index contributed by atoms with van der Waals surface area (Å²) >= 11 is 4.90. The van der Waals surface area contributed by atoms with Gasteiger partial charge in [-0.3, -0.25) is 0 Å². The summed E-state index contributed by atoms with van der Waals surface area (Å²) < 4.78 is 0.734. The van der Waals surface area contributed by atoms with Crippen LogP contribution in [0.15, 0.2) is 51.1 Å². The molecule has 0 radical (unpaired) electrons. The van der Waals surface area contributed by atoms with Crippen molar-refractivity contribution in [2.75, 3.05) is 23.8 Å². The van der Waals surface area contributed by atoms with Crippen LogP contribution in [0.2, 0.25) is 0 Å². The third kappa shape index (κ3) is 5.62. The summed E-state index contributed by atoms with van der Waals surface area (Å²) in [6.45, 7) is 4.37. The van der Waals surface area contributed by atoms with Crippen LogP contribution in [0.4, 0.5) is 17.5 Å². The van der Waals surface area contributed by atoms with E-state index in [0.717, 1.165) is 31.6 Å². The fourth-order valence-electron chi connectivity index (χ4n) is 2.34. The van der Waals surface area contributed by atoms with Gasteiger partial charge in [-0.25, -0.2) is 15.0 Å². The highest BCUT2D eigenvalue weighted by atomic mass is 79.9. The van der Waals surface area contributed by atoms with Crippen LogP contribution in [0, 0.1) is 13.8 Å². The summed E-state index contributed by atoms with van der Waals surface area (Å²) in [4.78, 5) is 18.6. The molecule has 0 unspecified atom stereocenters. The Morgan fingerprint density at radius 1 is 1.11 bits per heavy atom. The molecule has 0 fully saturated rings. The minimum atomic E-state index is 0.0268. The summed E-state index contributed by atoms with van der Waals surface area (Å²) in [5.74, 6) is 1.08. The molecule has 3 N–H and O–H groups in total. The zero-order chi connectivity index (χ0) is 19.2. The molecule has 0 bridgehead atoms. The predicted molar refractivity (Wildman–Crippen MR) is 111 cm³/mol. The first-order valence-corrected chi connectivity index (χ1v) is 9.89. The molecule has 0 aliphatic heterocycles. The van der Waals surface area contributed by atoms with E-state index in [1.807, 2.05) is 44.2 Å². The van der Waals surface area contributed by atoms with Gasteiger partial charge in [-0.2, -0.15) is 4.98 Å². The van der Waals surface area contributed by atoms with Crippen LogP contribution in [0.3, 0.4) is 0 Å². The Bertz CT molecular complexity index is 919. The Morgan fingerprint density at radius 2 is 1.89 bits per heavy atom. The van der Waals surface area contributed by atoms with E-state index in [1.54, 1.807) is 6.20 Å². The van der Waals surface area contributed by atoms with Crippen LogP contribution < -0.4 is 10.6 Å². The van der Waals surface area contributed by atoms with Crippen LogP contribution in [0.5, 0.6) is 0 Å². The lowest BCUT2D eigenvalue weighted by molar-refractivity contribution is 0.311. The maximum Gasteiger partial charge on any atom is 0.229 e. The predicted octanol–water partition coefficient (Wildman–Crippen LogP) is 3.94. The minimum Gasteiger partial charge on any atom is -0.395 e. The van der Waals surface area contributed by atoms with Gasteiger partial charge >= 0.3 is 0 Å². The second-order valence-electron chi connectivity index (χ2n) is 5.73. The van der Waals surface area contributed by atoms with Crippen LogP contribution in [-0.4, -0.2) is 38.2 Å². The maximum absolute atomic E-state index is 8.96. The van der Waals surface area contributed by atoms with Crippen molar-refractivity contribution < 1.29 is 5.11 Å². The lowest BCUT2D eigenvalue weighted by Gasteiger charge is -2.10. The Kier molecular flexibility index (Phi) is 6.59. The summed E-state index contributed by atoms with van der Waals surface area (Å²) in [7, 11) is 0. The molecule has 9 heteroatoms. The van der Waals surface area contributed by atoms with Crippen molar-refractivity contribution in [1.82, 2.24) is 19.9 Å². The van der Waals surface area contributed by atoms with Gasteiger partial charge < -0.3 is 15.7 Å². The van der Waals surface area contributed by atoms with Gasteiger partial charge in [-0.1, -0.05) is 6.07 Å². The average molecular weight is 447 g/mol. The molecule has 0 aliphatic rings. The number of nitrogens with zero attached hydrogens (tertiary/aromatic N) is 4. The summed E-state index contributed by atoms with van der Waals surface area (Å²) in [6.07, 6.45) is 1.66. The zero-order valence-electron chi connectivity index (χ0n) is 14.9. The Morgan fingerprint density at radius 3 is 2.63 bits per heavy atom. The number of aliphatic hydroxyl groups excluding tert-OH is 1. The molecular weight excluding hydrogens is 428 g/mol. The largest absolute Gasteiger partial charge is 0.395 e. The van der Waals surface area contributed by atoms with E-state index in [0.29, 0.717) is 18.3 Å². The second kappa shape index (κ2) is 9.12. The van der Waals surface area contributed by atoms with Crippen molar-refractivity contribution in [2.24, 2.45) is 0 Å². The SMILES string of the molecule is Cc1cc(C)nc(Sc2cccc(Nc3ncc(Br)c(NCCO)n3)c2)n1. The van der Waals surface area contributed by atoms with Crippen molar-refractivity contribution in [3.63, 3.8) is 0 Å². The molecule has 0 saturated carbocycles. The molecule has 7 nitrogen and oxygen atoms in total. The normalized spacial score (nSPS) is 10.7. The van der Waals surface area contributed by atoms with E-state index in [-0.39, 0.29) is 6.61 Å². The van der Waals surface area contributed by atoms with E-state index >= 15 is 0 Å². The highest BCUT2D eigenvalue weighted by molar-refractivity contribution is 9.10. The number of aryl methyl sites for hydroxylation is 2. The fraction of sp³-hybridized carbons (Fsp3) is 0.222. The average Bonchev–Trinajstić information content (AvgIpc) is 2.61. The van der Waals surface area contributed by atoms with Crippen molar-refractivity contribution in [1.29, 1.82) is 0 Å². The van der Waals surface area contributed by atoms with Gasteiger partial charge in [0.1, 0.15) is 5.82 Å². The lowest BCUT2D eigenvalue weighted by atomic mass is 10.3. The third-order valence-corrected chi connectivity index (χ3v) is 4.84. The van der Waals surface area contributed by atoms with Gasteiger partial charge in [0.25, 0.3) is 0 Å². The molecule has 3 rings (SSSR count). The standard InChI is InChI=1S/C18H19BrN6OS/c1-11-8-12(2)23-18(22-11)27-14-5-3-4-13(9-14)24-17-21-10-15(19)16(25-17)20-6-7-26/h3-5,8-10,26H,6-7H2,1-2H3,(H2,20,21,24,25). The summed E-state index contributed by atoms with van der Waals surface area (Å²) in [6, 6.07) is 9.86. The van der Waals surface area contributed by atoms with Gasteiger partial charge in [0, 0.05) is 34.7 Å². The molecule has 0 spiro atoms. The Balaban J connectivity index is 1.76. The van der Waals surface area contributed by atoms with E-state index in [1.165, 1.54) is 11.8 Å². The third-order valence-electron chi connectivity index (χ3n) is 3.41. The monoisotopic (exact) mass is 446 g/mol. The van der Waals surface area contributed by atoms with Crippen molar-refractivity contribution in [3.8, 4) is 0 Å². The Hall–Kier alpha value is -2.23. The smallest absolute Gasteiger partial charge is 0.229 e. The maximum atomic E-state index is 8.96. The van der Waals surface area contributed by atoms with Crippen LogP contribution in [0.25, 0.3) is 0 Å². The molecule has 2 heterocycles. The molecule has 0 saturated heterocycles. The first-order chi connectivity index (χ1) is 13.0. The lowest BCUT2D eigenvalue weighted by Crippen LogP contribution is -2.09. The van der Waals surface area contributed by atoms with E-state index in [2.05, 4.69) is 46.5 Å². The van der Waals surface area contributed by atoms with Crippen LogP contribution in [0.1, 0.15) is 11.4 Å². The van der Waals surface area contributed by atoms with Gasteiger partial charge in [-0.05, 0) is 65.8 Å². The number of halogens is 1. The van der Waals surface area contributed by atoms with E-state index in [4.69, 9.17) is 5.11 Å². The molecule has 1 aromatic carbocycles. The first kappa shape index (κ1) is 19.5. The molecule has 140 valence electrons. The fourth-order valence-corrected chi connectivity index (χ4v) is 3.59. The molecule has 0 aliphatic carbocycles. The molecule has 27 heavy (non-hydrogen) atoms. The zero-order valence-corrected chi connectivity index (χ0v) is 17.3. The Labute approximate surface area is 170 Å². The number of aliphatic hydroxyl groups is 1. The molecule has 2 aromatic heterocycles. The number of hydrogen-bond donors (Lipinski definition) is 3. The topological polar surface area (TPSA) is 95.9 Å². The second-order valence-corrected chi connectivity index (χ2v) is 7.62. The van der Waals surface area contributed by atoms with Gasteiger partial charge in [0.15, 0.2) is 5.16 Å². The summed E-state index contributed by atoms with van der Waals surface area (Å²) in [5, 5.41) is 15.9. The highest BCUT2D eigenvalue weighted by Gasteiger charge is 2.07. The number of aromatic nitrogens is 4. The van der Waals surface area contributed by atoms with Crippen molar-refractivity contribution >= 4 is 45.1 Å². The van der Waals surface area contributed by atoms with Gasteiger partial charge in [0.05, 0.1) is 11.1 Å². The number of benzene rings is 1. The quantitative estimate of drug-likeness (QED) is 0.469. The van der Waals surface area contributed by atoms with Crippen molar-refractivity contribution in [3.05, 3.63) is 52.4 Å². The molecule has 0 amide bonds. The van der Waals surface area contributed by atoms with E-state index in [9.17, 15) is 0 Å². The van der Waals surface area contributed by atoms with Crippen molar-refractivity contribution in [2.45, 2.75) is 23.9 Å². The number of anilines is 3. The van der Waals surface area contributed by atoms with Crippen LogP contribution >= 0.6 is 27.7 Å². The van der Waals surface area contributed by atoms with Gasteiger partial charge in [0.2, 0.25) is 5.95 Å². The molecule has 0 atom stereocenters. The van der Waals surface area contributed by atoms with Crippen LogP contribution in [-0.2, 0) is 0 Å². The first-order valence-electron chi connectivity index (χ1n) is 8.28. The number of hydrogen-bond acceptors (Lipinski definition) is 8. The molecular formula is C18H19BrN6OS. The molecule has 3 aromatic rings. The highest BCUT2D eigenvalue weighted by Crippen LogP contribution is 2.28. The minimum absolute atomic E-state index is 0.0268. The number of rotatable bonds is 7. The summed E-state index contributed by atoms with van der Waals surface area (Å²) in [5.41, 5.74) is 2.76.